The van der Waals surface area contributed by atoms with E-state index in [9.17, 15) is 18.0 Å². The van der Waals surface area contributed by atoms with Gasteiger partial charge in [0.25, 0.3) is 5.91 Å². The number of nitrogens with one attached hydrogen (secondary N) is 2. The molecule has 3 heterocycles. The normalized spacial score (nSPS) is 13.8. The summed E-state index contributed by atoms with van der Waals surface area (Å²) in [6, 6.07) is 6.90. The predicted molar refractivity (Wildman–Crippen MR) is 100 cm³/mol. The van der Waals surface area contributed by atoms with E-state index in [1.165, 1.54) is 12.4 Å². The molecule has 1 aromatic carbocycles. The minimum atomic E-state index is -4.39. The monoisotopic (exact) mass is 401 g/mol. The second kappa shape index (κ2) is 7.67. The third-order valence-electron chi connectivity index (χ3n) is 4.70. The molecular weight excluding hydrogens is 383 g/mol. The number of carbonyl (C=O) groups excluding carboxylic acids is 1. The maximum absolute atomic E-state index is 12.8. The SMILES string of the molecule is O=C(Nc1cn(Cc2cccc(C(F)(F)F)c2)cn1)c1cc2c(cn1)CNCC2. The molecule has 0 unspecified atom stereocenters. The van der Waals surface area contributed by atoms with Crippen molar-refractivity contribution in [3.63, 3.8) is 0 Å². The van der Waals surface area contributed by atoms with Gasteiger partial charge in [0.2, 0.25) is 0 Å². The maximum atomic E-state index is 12.8. The van der Waals surface area contributed by atoms with E-state index in [0.717, 1.165) is 42.8 Å². The molecule has 1 aliphatic rings. The van der Waals surface area contributed by atoms with Gasteiger partial charge in [0.15, 0.2) is 5.82 Å². The zero-order chi connectivity index (χ0) is 20.4. The summed E-state index contributed by atoms with van der Waals surface area (Å²) >= 11 is 0. The first kappa shape index (κ1) is 19.1. The van der Waals surface area contributed by atoms with Gasteiger partial charge >= 0.3 is 6.18 Å². The molecule has 0 fully saturated rings. The van der Waals surface area contributed by atoms with E-state index in [1.54, 1.807) is 29.1 Å². The molecule has 0 saturated heterocycles. The largest absolute Gasteiger partial charge is 0.416 e. The number of fused-ring (bicyclic) bond motifs is 1. The Morgan fingerprint density at radius 3 is 2.90 bits per heavy atom. The first-order chi connectivity index (χ1) is 13.9. The fourth-order valence-electron chi connectivity index (χ4n) is 3.24. The van der Waals surface area contributed by atoms with E-state index < -0.39 is 11.7 Å². The number of pyridine rings is 1. The average Bonchev–Trinajstić information content (AvgIpc) is 3.13. The predicted octanol–water partition coefficient (Wildman–Crippen LogP) is 3.24. The summed E-state index contributed by atoms with van der Waals surface area (Å²) in [5.41, 5.74) is 2.27. The number of amides is 1. The van der Waals surface area contributed by atoms with Gasteiger partial charge in [-0.25, -0.2) is 4.98 Å². The van der Waals surface area contributed by atoms with Gasteiger partial charge in [0.05, 0.1) is 11.9 Å². The summed E-state index contributed by atoms with van der Waals surface area (Å²) in [6.07, 6.45) is 1.18. The summed E-state index contributed by atoms with van der Waals surface area (Å²) in [5, 5.41) is 5.93. The Balaban J connectivity index is 1.44. The Morgan fingerprint density at radius 2 is 2.07 bits per heavy atom. The van der Waals surface area contributed by atoms with Gasteiger partial charge in [-0.3, -0.25) is 9.78 Å². The molecule has 4 rings (SSSR count). The number of anilines is 1. The Hall–Kier alpha value is -3.20. The minimum absolute atomic E-state index is 0.205. The van der Waals surface area contributed by atoms with Crippen LogP contribution in [0.2, 0.25) is 0 Å². The Bertz CT molecular complexity index is 1040. The van der Waals surface area contributed by atoms with Crippen LogP contribution in [0.4, 0.5) is 19.0 Å². The topological polar surface area (TPSA) is 71.8 Å². The molecule has 1 amide bonds. The molecule has 0 aliphatic carbocycles. The van der Waals surface area contributed by atoms with Crippen molar-refractivity contribution >= 4 is 11.7 Å². The highest BCUT2D eigenvalue weighted by Crippen LogP contribution is 2.29. The van der Waals surface area contributed by atoms with E-state index in [2.05, 4.69) is 20.6 Å². The van der Waals surface area contributed by atoms with E-state index in [1.807, 2.05) is 0 Å². The van der Waals surface area contributed by atoms with Crippen molar-refractivity contribution in [3.8, 4) is 0 Å². The van der Waals surface area contributed by atoms with Gasteiger partial charge in [-0.2, -0.15) is 13.2 Å². The fourth-order valence-corrected chi connectivity index (χ4v) is 3.24. The lowest BCUT2D eigenvalue weighted by atomic mass is 10.0. The van der Waals surface area contributed by atoms with E-state index in [4.69, 9.17) is 0 Å². The molecule has 0 spiro atoms. The number of aromatic nitrogens is 3. The summed E-state index contributed by atoms with van der Waals surface area (Å²) in [6.45, 7) is 1.80. The number of carbonyl (C=O) groups is 1. The lowest BCUT2D eigenvalue weighted by Gasteiger charge is -2.16. The number of imidazole rings is 1. The number of benzene rings is 1. The number of alkyl halides is 3. The van der Waals surface area contributed by atoms with E-state index in [0.29, 0.717) is 17.1 Å². The van der Waals surface area contributed by atoms with Crippen LogP contribution >= 0.6 is 0 Å². The van der Waals surface area contributed by atoms with Crippen LogP contribution in [0.1, 0.15) is 32.7 Å². The first-order valence-electron chi connectivity index (χ1n) is 9.06. The molecule has 2 N–H and O–H groups in total. The fraction of sp³-hybridized carbons (Fsp3) is 0.250. The minimum Gasteiger partial charge on any atom is -0.331 e. The Morgan fingerprint density at radius 1 is 1.21 bits per heavy atom. The molecule has 0 atom stereocenters. The van der Waals surface area contributed by atoms with Crippen LogP contribution in [-0.4, -0.2) is 27.0 Å². The molecule has 3 aromatic rings. The van der Waals surface area contributed by atoms with Gasteiger partial charge in [-0.15, -0.1) is 0 Å². The molecule has 9 heteroatoms. The molecule has 0 bridgehead atoms. The molecule has 1 aliphatic heterocycles. The molecule has 2 aromatic heterocycles. The zero-order valence-corrected chi connectivity index (χ0v) is 15.3. The van der Waals surface area contributed by atoms with Gasteiger partial charge in [-0.1, -0.05) is 12.1 Å². The zero-order valence-electron chi connectivity index (χ0n) is 15.3. The smallest absolute Gasteiger partial charge is 0.331 e. The van der Waals surface area contributed by atoms with E-state index >= 15 is 0 Å². The van der Waals surface area contributed by atoms with Crippen molar-refractivity contribution in [1.82, 2.24) is 19.9 Å². The van der Waals surface area contributed by atoms with Gasteiger partial charge in [0.1, 0.15) is 5.69 Å². The van der Waals surface area contributed by atoms with Crippen LogP contribution in [0.5, 0.6) is 0 Å². The van der Waals surface area contributed by atoms with Crippen LogP contribution < -0.4 is 10.6 Å². The van der Waals surface area contributed by atoms with Crippen molar-refractivity contribution in [2.24, 2.45) is 0 Å². The lowest BCUT2D eigenvalue weighted by Crippen LogP contribution is -2.25. The van der Waals surface area contributed by atoms with Crippen LogP contribution in [0.25, 0.3) is 0 Å². The van der Waals surface area contributed by atoms with Gasteiger partial charge in [0, 0.05) is 25.5 Å². The second-order valence-electron chi connectivity index (χ2n) is 6.85. The number of rotatable bonds is 4. The Labute approximate surface area is 164 Å². The maximum Gasteiger partial charge on any atom is 0.416 e. The summed E-state index contributed by atoms with van der Waals surface area (Å²) < 4.78 is 40.1. The van der Waals surface area contributed by atoms with Crippen molar-refractivity contribution in [2.45, 2.75) is 25.7 Å². The first-order valence-corrected chi connectivity index (χ1v) is 9.06. The highest BCUT2D eigenvalue weighted by Gasteiger charge is 2.30. The number of halogens is 3. The second-order valence-corrected chi connectivity index (χ2v) is 6.85. The van der Waals surface area contributed by atoms with Crippen LogP contribution in [-0.2, 0) is 25.7 Å². The highest BCUT2D eigenvalue weighted by atomic mass is 19.4. The molecule has 6 nitrogen and oxygen atoms in total. The molecule has 0 radical (unpaired) electrons. The van der Waals surface area contributed by atoms with Gasteiger partial charge in [-0.05, 0) is 47.9 Å². The lowest BCUT2D eigenvalue weighted by molar-refractivity contribution is -0.137. The molecule has 29 heavy (non-hydrogen) atoms. The molecular formula is C20H18F3N5O. The van der Waals surface area contributed by atoms with Crippen LogP contribution in [0, 0.1) is 0 Å². The summed E-state index contributed by atoms with van der Waals surface area (Å²) in [7, 11) is 0. The summed E-state index contributed by atoms with van der Waals surface area (Å²) in [5.74, 6) is -0.0705. The highest BCUT2D eigenvalue weighted by molar-refractivity contribution is 6.02. The third kappa shape index (κ3) is 4.45. The standard InChI is InChI=1S/C20H18F3N5O/c21-20(22,23)16-3-1-2-13(6-16)10-28-11-18(26-12-28)27-19(29)17-7-14-4-5-24-8-15(14)9-25-17/h1-3,6-7,9,11-12,24H,4-5,8,10H2,(H,27,29). The average molecular weight is 401 g/mol. The third-order valence-corrected chi connectivity index (χ3v) is 4.70. The number of nitrogens with zero attached hydrogens (tertiary/aromatic N) is 3. The van der Waals surface area contributed by atoms with E-state index in [-0.39, 0.29) is 12.5 Å². The van der Waals surface area contributed by atoms with Crippen molar-refractivity contribution < 1.29 is 18.0 Å². The van der Waals surface area contributed by atoms with Gasteiger partial charge < -0.3 is 15.2 Å². The Kier molecular flexibility index (Phi) is 5.06. The number of hydrogen-bond acceptors (Lipinski definition) is 4. The molecule has 150 valence electrons. The van der Waals surface area contributed by atoms with Crippen molar-refractivity contribution in [2.75, 3.05) is 11.9 Å². The summed E-state index contributed by atoms with van der Waals surface area (Å²) in [4.78, 5) is 20.8. The quantitative estimate of drug-likeness (QED) is 0.704. The van der Waals surface area contributed by atoms with Crippen molar-refractivity contribution in [3.05, 3.63) is 77.0 Å². The van der Waals surface area contributed by atoms with Crippen LogP contribution in [0.3, 0.4) is 0 Å². The molecule has 0 saturated carbocycles. The number of hydrogen-bond donors (Lipinski definition) is 2. The van der Waals surface area contributed by atoms with Crippen LogP contribution in [0.15, 0.2) is 49.1 Å². The van der Waals surface area contributed by atoms with Crippen molar-refractivity contribution in [1.29, 1.82) is 0 Å².